The number of nitrogens with zero attached hydrogens (tertiary/aromatic N) is 1. The van der Waals surface area contributed by atoms with Gasteiger partial charge < -0.3 is 24.7 Å². The van der Waals surface area contributed by atoms with Crippen LogP contribution in [0.15, 0.2) is 36.4 Å². The zero-order valence-electron chi connectivity index (χ0n) is 20.1. The van der Waals surface area contributed by atoms with Gasteiger partial charge in [-0.05, 0) is 79.7 Å². The SMILES string of the molecule is CNCCN1CCCC(c2ccc3[nH]c(-c4ccc(OC)c(OC)c4)c(C(C)C)c3c2)C1. The number of H-pyrrole nitrogens is 1. The van der Waals surface area contributed by atoms with Gasteiger partial charge in [0, 0.05) is 36.1 Å². The Balaban J connectivity index is 1.72. The summed E-state index contributed by atoms with van der Waals surface area (Å²) in [5.41, 5.74) is 6.33. The molecule has 5 heteroatoms. The predicted molar refractivity (Wildman–Crippen MR) is 133 cm³/mol. The first-order chi connectivity index (χ1) is 15.5. The summed E-state index contributed by atoms with van der Waals surface area (Å²) in [6.07, 6.45) is 2.54. The molecule has 5 nitrogen and oxygen atoms in total. The lowest BCUT2D eigenvalue weighted by molar-refractivity contribution is 0.210. The Labute approximate surface area is 192 Å². The summed E-state index contributed by atoms with van der Waals surface area (Å²) in [5, 5.41) is 4.63. The van der Waals surface area contributed by atoms with Crippen molar-refractivity contribution in [3.63, 3.8) is 0 Å². The molecule has 0 bridgehead atoms. The van der Waals surface area contributed by atoms with Crippen molar-refractivity contribution in [1.29, 1.82) is 0 Å². The van der Waals surface area contributed by atoms with Gasteiger partial charge in [-0.1, -0.05) is 19.9 Å². The minimum atomic E-state index is 0.403. The summed E-state index contributed by atoms with van der Waals surface area (Å²) >= 11 is 0. The van der Waals surface area contributed by atoms with Gasteiger partial charge in [0.1, 0.15) is 0 Å². The molecule has 1 aromatic heterocycles. The van der Waals surface area contributed by atoms with E-state index in [9.17, 15) is 0 Å². The Morgan fingerprint density at radius 3 is 2.62 bits per heavy atom. The van der Waals surface area contributed by atoms with E-state index in [-0.39, 0.29) is 0 Å². The Morgan fingerprint density at radius 1 is 1.09 bits per heavy atom. The normalized spacial score (nSPS) is 17.2. The van der Waals surface area contributed by atoms with Crippen molar-refractivity contribution in [2.45, 2.75) is 38.5 Å². The molecule has 0 amide bonds. The second-order valence-electron chi connectivity index (χ2n) is 9.19. The number of aromatic nitrogens is 1. The first-order valence-corrected chi connectivity index (χ1v) is 11.8. The standard InChI is InChI=1S/C27H37N3O2/c1-18(2)26-22-15-19(21-7-6-13-30(17-21)14-12-28-3)8-10-23(22)29-27(26)20-9-11-24(31-4)25(16-20)32-5/h8-11,15-16,18,21,28-29H,6-7,12-14,17H2,1-5H3. The molecule has 2 aromatic carbocycles. The van der Waals surface area contributed by atoms with Gasteiger partial charge in [-0.15, -0.1) is 0 Å². The van der Waals surface area contributed by atoms with Crippen LogP contribution < -0.4 is 14.8 Å². The Morgan fingerprint density at radius 2 is 1.91 bits per heavy atom. The fourth-order valence-corrected chi connectivity index (χ4v) is 5.10. The Bertz CT molecular complexity index is 1060. The first-order valence-electron chi connectivity index (χ1n) is 11.8. The number of rotatable bonds is 8. The third-order valence-electron chi connectivity index (χ3n) is 6.77. The monoisotopic (exact) mass is 435 g/mol. The van der Waals surface area contributed by atoms with Gasteiger partial charge in [0.2, 0.25) is 0 Å². The van der Waals surface area contributed by atoms with Crippen molar-refractivity contribution in [2.75, 3.05) is 47.4 Å². The van der Waals surface area contributed by atoms with Gasteiger partial charge in [-0.3, -0.25) is 0 Å². The minimum Gasteiger partial charge on any atom is -0.493 e. The van der Waals surface area contributed by atoms with Crippen LogP contribution >= 0.6 is 0 Å². The molecule has 0 radical (unpaired) electrons. The number of ether oxygens (including phenoxy) is 2. The van der Waals surface area contributed by atoms with E-state index in [4.69, 9.17) is 9.47 Å². The number of likely N-dealkylation sites (tertiary alicyclic amines) is 1. The third kappa shape index (κ3) is 4.50. The van der Waals surface area contributed by atoms with Gasteiger partial charge in [0.25, 0.3) is 0 Å². The van der Waals surface area contributed by atoms with Gasteiger partial charge >= 0.3 is 0 Å². The smallest absolute Gasteiger partial charge is 0.161 e. The molecule has 1 fully saturated rings. The molecule has 3 aromatic rings. The second kappa shape index (κ2) is 9.97. The summed E-state index contributed by atoms with van der Waals surface area (Å²) in [5.74, 6) is 2.51. The molecule has 2 heterocycles. The van der Waals surface area contributed by atoms with Crippen LogP contribution in [0.4, 0.5) is 0 Å². The average molecular weight is 436 g/mol. The Kier molecular flexibility index (Phi) is 7.07. The molecule has 0 saturated carbocycles. The quantitative estimate of drug-likeness (QED) is 0.499. The number of methoxy groups -OCH3 is 2. The maximum Gasteiger partial charge on any atom is 0.161 e. The van der Waals surface area contributed by atoms with Crippen LogP contribution in [0, 0.1) is 0 Å². The average Bonchev–Trinajstić information content (AvgIpc) is 3.21. The lowest BCUT2D eigenvalue weighted by atomic mass is 9.88. The maximum atomic E-state index is 5.56. The van der Waals surface area contributed by atoms with E-state index >= 15 is 0 Å². The summed E-state index contributed by atoms with van der Waals surface area (Å²) in [6, 6.07) is 13.2. The van der Waals surface area contributed by atoms with Crippen molar-refractivity contribution in [3.05, 3.63) is 47.5 Å². The molecule has 4 rings (SSSR count). The van der Waals surface area contributed by atoms with E-state index < -0.39 is 0 Å². The van der Waals surface area contributed by atoms with Crippen LogP contribution in [0.5, 0.6) is 11.5 Å². The molecule has 172 valence electrons. The summed E-state index contributed by atoms with van der Waals surface area (Å²) < 4.78 is 11.0. The van der Waals surface area contributed by atoms with Crippen molar-refractivity contribution >= 4 is 10.9 Å². The number of hydrogen-bond acceptors (Lipinski definition) is 4. The third-order valence-corrected chi connectivity index (χ3v) is 6.77. The van der Waals surface area contributed by atoms with E-state index in [1.807, 2.05) is 13.1 Å². The molecule has 0 aliphatic carbocycles. The van der Waals surface area contributed by atoms with E-state index in [0.717, 1.165) is 36.7 Å². The van der Waals surface area contributed by atoms with Crippen LogP contribution in [0.3, 0.4) is 0 Å². The molecule has 1 unspecified atom stereocenters. The van der Waals surface area contributed by atoms with Crippen LogP contribution in [0.2, 0.25) is 0 Å². The largest absolute Gasteiger partial charge is 0.493 e. The van der Waals surface area contributed by atoms with Crippen molar-refractivity contribution in [3.8, 4) is 22.8 Å². The van der Waals surface area contributed by atoms with E-state index in [1.54, 1.807) is 14.2 Å². The van der Waals surface area contributed by atoms with Gasteiger partial charge in [0.15, 0.2) is 11.5 Å². The van der Waals surface area contributed by atoms with Crippen LogP contribution in [-0.4, -0.2) is 57.3 Å². The zero-order valence-corrected chi connectivity index (χ0v) is 20.1. The van der Waals surface area contributed by atoms with E-state index in [0.29, 0.717) is 11.8 Å². The molecular formula is C27H37N3O2. The maximum absolute atomic E-state index is 5.56. The zero-order chi connectivity index (χ0) is 22.7. The molecule has 1 saturated heterocycles. The van der Waals surface area contributed by atoms with E-state index in [1.165, 1.54) is 47.1 Å². The van der Waals surface area contributed by atoms with Crippen LogP contribution in [0.1, 0.15) is 49.7 Å². The number of benzene rings is 2. The highest BCUT2D eigenvalue weighted by Gasteiger charge is 2.23. The molecule has 2 N–H and O–H groups in total. The number of hydrogen-bond donors (Lipinski definition) is 2. The Hall–Kier alpha value is -2.50. The van der Waals surface area contributed by atoms with Crippen molar-refractivity contribution < 1.29 is 9.47 Å². The van der Waals surface area contributed by atoms with Crippen LogP contribution in [-0.2, 0) is 0 Å². The molecule has 0 spiro atoms. The highest BCUT2D eigenvalue weighted by atomic mass is 16.5. The molecule has 1 aliphatic heterocycles. The lowest BCUT2D eigenvalue weighted by Gasteiger charge is -2.33. The molecule has 1 aliphatic rings. The van der Waals surface area contributed by atoms with Gasteiger partial charge in [-0.25, -0.2) is 0 Å². The fourth-order valence-electron chi connectivity index (χ4n) is 5.10. The summed E-state index contributed by atoms with van der Waals surface area (Å²) in [7, 11) is 5.39. The number of aromatic amines is 1. The van der Waals surface area contributed by atoms with E-state index in [2.05, 4.69) is 59.4 Å². The summed E-state index contributed by atoms with van der Waals surface area (Å²) in [4.78, 5) is 6.30. The van der Waals surface area contributed by atoms with Gasteiger partial charge in [0.05, 0.1) is 19.9 Å². The van der Waals surface area contributed by atoms with Crippen molar-refractivity contribution in [2.24, 2.45) is 0 Å². The number of fused-ring (bicyclic) bond motifs is 1. The lowest BCUT2D eigenvalue weighted by Crippen LogP contribution is -2.38. The second-order valence-corrected chi connectivity index (χ2v) is 9.19. The first kappa shape index (κ1) is 22.7. The number of nitrogens with one attached hydrogen (secondary N) is 2. The highest BCUT2D eigenvalue weighted by Crippen LogP contribution is 2.40. The fraction of sp³-hybridized carbons (Fsp3) is 0.481. The van der Waals surface area contributed by atoms with Gasteiger partial charge in [-0.2, -0.15) is 0 Å². The molecule has 32 heavy (non-hydrogen) atoms. The molecular weight excluding hydrogens is 398 g/mol. The van der Waals surface area contributed by atoms with Crippen molar-refractivity contribution in [1.82, 2.24) is 15.2 Å². The van der Waals surface area contributed by atoms with Crippen LogP contribution in [0.25, 0.3) is 22.2 Å². The molecule has 1 atom stereocenters. The highest BCUT2D eigenvalue weighted by molar-refractivity contribution is 5.92. The number of piperidine rings is 1. The topological polar surface area (TPSA) is 49.5 Å². The number of likely N-dealkylation sites (N-methyl/N-ethyl adjacent to an activating group) is 1. The predicted octanol–water partition coefficient (Wildman–Crippen LogP) is 5.37. The summed E-state index contributed by atoms with van der Waals surface area (Å²) in [6.45, 7) is 9.09. The minimum absolute atomic E-state index is 0.403.